The second-order valence-corrected chi connectivity index (χ2v) is 10.3. The Hall–Kier alpha value is -3.71. The highest BCUT2D eigenvalue weighted by molar-refractivity contribution is 7.92. The van der Waals surface area contributed by atoms with E-state index in [1.165, 1.54) is 31.6 Å². The summed E-state index contributed by atoms with van der Waals surface area (Å²) < 4.78 is 69.0. The molecular formula is C23H20ClF3N6O3S. The lowest BCUT2D eigenvalue weighted by Gasteiger charge is -2.16. The number of hydrogen-bond donors (Lipinski definition) is 2. The maximum atomic E-state index is 13.4. The van der Waals surface area contributed by atoms with E-state index in [0.29, 0.717) is 22.7 Å². The van der Waals surface area contributed by atoms with Gasteiger partial charge in [0.05, 0.1) is 27.4 Å². The minimum Gasteiger partial charge on any atom is -0.393 e. The Balaban J connectivity index is 1.86. The number of benzene rings is 1. The average molecular weight is 553 g/mol. The first-order valence-corrected chi connectivity index (χ1v) is 12.6. The molecule has 0 atom stereocenters. The number of nitrogens with one attached hydrogen (secondary N) is 2. The van der Waals surface area contributed by atoms with Crippen LogP contribution < -0.4 is 4.72 Å². The van der Waals surface area contributed by atoms with E-state index < -0.39 is 26.7 Å². The van der Waals surface area contributed by atoms with Crippen LogP contribution in [0.3, 0.4) is 0 Å². The molecule has 0 aliphatic carbocycles. The van der Waals surface area contributed by atoms with Gasteiger partial charge in [-0.25, -0.2) is 13.4 Å². The molecule has 0 saturated carbocycles. The molecule has 0 aliphatic rings. The lowest BCUT2D eigenvalue weighted by Crippen LogP contribution is -2.19. The van der Waals surface area contributed by atoms with Crippen LogP contribution in [0.2, 0.25) is 5.02 Å². The van der Waals surface area contributed by atoms with Gasteiger partial charge in [-0.1, -0.05) is 22.8 Å². The molecule has 0 bridgehead atoms. The molecule has 9 nitrogen and oxygen atoms in total. The molecule has 3 aromatic heterocycles. The maximum absolute atomic E-state index is 13.4. The molecule has 0 aliphatic heterocycles. The second kappa shape index (κ2) is 9.98. The van der Waals surface area contributed by atoms with E-state index in [-0.39, 0.29) is 33.8 Å². The third-order valence-electron chi connectivity index (χ3n) is 5.11. The third-order valence-corrected chi connectivity index (χ3v) is 6.68. The molecular weight excluding hydrogens is 533 g/mol. The topological polar surface area (TPSA) is 122 Å². The number of hydrogen-bond acceptors (Lipinski definition) is 7. The predicted molar refractivity (Wildman–Crippen MR) is 132 cm³/mol. The van der Waals surface area contributed by atoms with E-state index in [2.05, 4.69) is 30.0 Å². The van der Waals surface area contributed by atoms with Crippen molar-refractivity contribution < 1.29 is 26.4 Å². The Morgan fingerprint density at radius 3 is 2.62 bits per heavy atom. The van der Waals surface area contributed by atoms with Crippen LogP contribution >= 0.6 is 11.6 Å². The van der Waals surface area contributed by atoms with Gasteiger partial charge in [-0.15, -0.1) is 0 Å². The summed E-state index contributed by atoms with van der Waals surface area (Å²) in [6.07, 6.45) is -0.791. The summed E-state index contributed by atoms with van der Waals surface area (Å²) >= 11 is 6.11. The van der Waals surface area contributed by atoms with Crippen LogP contribution in [-0.2, 0) is 21.0 Å². The molecule has 14 heteroatoms. The van der Waals surface area contributed by atoms with Crippen LogP contribution in [0.1, 0.15) is 36.2 Å². The third kappa shape index (κ3) is 5.67. The van der Waals surface area contributed by atoms with Gasteiger partial charge in [0, 0.05) is 23.3 Å². The Labute approximate surface area is 214 Å². The number of rotatable bonds is 7. The zero-order valence-electron chi connectivity index (χ0n) is 19.6. The van der Waals surface area contributed by atoms with Crippen LogP contribution in [0, 0.1) is 6.92 Å². The summed E-state index contributed by atoms with van der Waals surface area (Å²) in [5.74, 6) is 0. The average Bonchev–Trinajstić information content (AvgIpc) is 3.29. The number of aromatic nitrogens is 4. The highest BCUT2D eigenvalue weighted by atomic mass is 35.5. The Morgan fingerprint density at radius 1 is 1.16 bits per heavy atom. The molecule has 0 saturated heterocycles. The molecule has 0 radical (unpaired) electrons. The highest BCUT2D eigenvalue weighted by Crippen LogP contribution is 2.34. The molecule has 37 heavy (non-hydrogen) atoms. The van der Waals surface area contributed by atoms with Gasteiger partial charge < -0.3 is 4.84 Å². The second-order valence-electron chi connectivity index (χ2n) is 8.21. The van der Waals surface area contributed by atoms with E-state index >= 15 is 0 Å². The Bertz CT molecular complexity index is 1600. The monoisotopic (exact) mass is 552 g/mol. The van der Waals surface area contributed by atoms with Crippen molar-refractivity contribution in [1.82, 2.24) is 20.2 Å². The van der Waals surface area contributed by atoms with Crippen LogP contribution in [0.15, 0.2) is 59.0 Å². The normalized spacial score (nSPS) is 12.8. The predicted octanol–water partition coefficient (Wildman–Crippen LogP) is 5.31. The number of anilines is 1. The van der Waals surface area contributed by atoms with E-state index in [9.17, 15) is 21.6 Å². The van der Waals surface area contributed by atoms with E-state index in [1.54, 1.807) is 19.9 Å². The van der Waals surface area contributed by atoms with Gasteiger partial charge in [-0.3, -0.25) is 14.8 Å². The number of alkyl halides is 3. The van der Waals surface area contributed by atoms with Crippen molar-refractivity contribution >= 4 is 44.1 Å². The number of nitrogens with zero attached hydrogens (tertiary/aromatic N) is 4. The molecule has 3 heterocycles. The van der Waals surface area contributed by atoms with Crippen molar-refractivity contribution in [3.05, 3.63) is 76.3 Å². The molecule has 0 unspecified atom stereocenters. The largest absolute Gasteiger partial charge is 0.416 e. The quantitative estimate of drug-likeness (QED) is 0.237. The van der Waals surface area contributed by atoms with Crippen molar-refractivity contribution in [2.75, 3.05) is 4.72 Å². The van der Waals surface area contributed by atoms with Crippen LogP contribution in [0.4, 0.5) is 18.9 Å². The van der Waals surface area contributed by atoms with Gasteiger partial charge in [0.25, 0.3) is 10.0 Å². The molecule has 194 valence electrons. The Morgan fingerprint density at radius 2 is 1.92 bits per heavy atom. The van der Waals surface area contributed by atoms with Crippen molar-refractivity contribution in [2.45, 2.75) is 37.9 Å². The van der Waals surface area contributed by atoms with Crippen molar-refractivity contribution in [2.24, 2.45) is 5.16 Å². The summed E-state index contributed by atoms with van der Waals surface area (Å²) in [6, 6.07) is 5.64. The lowest BCUT2D eigenvalue weighted by molar-refractivity contribution is -0.138. The number of halogens is 4. The number of aryl methyl sites for hydroxylation is 1. The van der Waals surface area contributed by atoms with Crippen LogP contribution in [0.25, 0.3) is 11.0 Å². The smallest absolute Gasteiger partial charge is 0.393 e. The van der Waals surface area contributed by atoms with Crippen LogP contribution in [0.5, 0.6) is 0 Å². The molecule has 4 rings (SSSR count). The number of sulfonamides is 1. The highest BCUT2D eigenvalue weighted by Gasteiger charge is 2.34. The van der Waals surface area contributed by atoms with Gasteiger partial charge in [-0.05, 0) is 50.6 Å². The van der Waals surface area contributed by atoms with Crippen LogP contribution in [-0.4, -0.2) is 40.4 Å². The van der Waals surface area contributed by atoms with E-state index in [0.717, 1.165) is 12.1 Å². The van der Waals surface area contributed by atoms with Crippen molar-refractivity contribution in [1.29, 1.82) is 0 Å². The summed E-state index contributed by atoms with van der Waals surface area (Å²) in [7, 11) is -4.51. The number of H-pyrrole nitrogens is 1. The number of pyridine rings is 2. The zero-order chi connectivity index (χ0) is 27.0. The molecule has 4 aromatic rings. The summed E-state index contributed by atoms with van der Waals surface area (Å²) in [5, 5.41) is 11.5. The summed E-state index contributed by atoms with van der Waals surface area (Å²) in [6.45, 7) is 4.74. The fourth-order valence-corrected chi connectivity index (χ4v) is 4.66. The van der Waals surface area contributed by atoms with Gasteiger partial charge in [0.15, 0.2) is 5.65 Å². The molecule has 1 aromatic carbocycles. The van der Waals surface area contributed by atoms with Gasteiger partial charge in [0.1, 0.15) is 17.5 Å². The number of oxime groups is 1. The zero-order valence-corrected chi connectivity index (χ0v) is 21.2. The van der Waals surface area contributed by atoms with E-state index in [4.69, 9.17) is 16.4 Å². The van der Waals surface area contributed by atoms with Gasteiger partial charge in [0.2, 0.25) is 0 Å². The fraction of sp³-hybridized carbons (Fsp3) is 0.217. The van der Waals surface area contributed by atoms with Gasteiger partial charge in [-0.2, -0.15) is 18.3 Å². The fourth-order valence-electron chi connectivity index (χ4n) is 3.42. The van der Waals surface area contributed by atoms with Crippen molar-refractivity contribution in [3.63, 3.8) is 0 Å². The first kappa shape index (κ1) is 26.4. The molecule has 0 fully saturated rings. The summed E-state index contributed by atoms with van der Waals surface area (Å²) in [5.41, 5.74) is -0.261. The van der Waals surface area contributed by atoms with Crippen molar-refractivity contribution in [3.8, 4) is 0 Å². The molecule has 2 N–H and O–H groups in total. The standard InChI is InChI=1S/C23H20ClF3N6O3S/c1-12(2)36-32-20(16-6-7-28-22-17(16)11-30-31-22)21-19(8-14(24)10-29-21)33-37(34,35)15-5-4-13(3)18(9-15)23(25,26)27/h4-12,33H,1-3H3,(H,28,30,31)/b32-20+. The molecule has 0 spiro atoms. The summed E-state index contributed by atoms with van der Waals surface area (Å²) in [4.78, 5) is 13.3. The first-order valence-electron chi connectivity index (χ1n) is 10.8. The maximum Gasteiger partial charge on any atom is 0.416 e. The Kier molecular flexibility index (Phi) is 7.11. The lowest BCUT2D eigenvalue weighted by atomic mass is 10.0. The minimum absolute atomic E-state index is 0.0190. The first-order chi connectivity index (χ1) is 17.4. The minimum atomic E-state index is -4.73. The van der Waals surface area contributed by atoms with Gasteiger partial charge >= 0.3 is 6.18 Å². The molecule has 0 amide bonds. The number of fused-ring (bicyclic) bond motifs is 1. The number of aromatic amines is 1. The van der Waals surface area contributed by atoms with E-state index in [1.807, 2.05) is 0 Å². The SMILES string of the molecule is Cc1ccc(S(=O)(=O)Nc2cc(Cl)cnc2/C(=N/OC(C)C)c2ccnc3[nH]ncc23)cc1C(F)(F)F.